The van der Waals surface area contributed by atoms with Gasteiger partial charge in [0.1, 0.15) is 0 Å². The third-order valence-corrected chi connectivity index (χ3v) is 0. The van der Waals surface area contributed by atoms with Crippen LogP contribution < -0.4 is 0 Å². The molecular weight excluding hydrogens is 1010 g/mol. The van der Waals surface area contributed by atoms with Crippen molar-refractivity contribution in [3.63, 3.8) is 0 Å². The predicted molar refractivity (Wildman–Crippen MR) is 23.0 cm³/mol. The summed E-state index contributed by atoms with van der Waals surface area (Å²) >= 11 is 0. The van der Waals surface area contributed by atoms with E-state index in [1.54, 1.807) is 0 Å². The summed E-state index contributed by atoms with van der Waals surface area (Å²) in [6.45, 7) is 0. The third-order valence-electron chi connectivity index (χ3n) is 0. The molecule has 0 spiro atoms. The van der Waals surface area contributed by atoms with E-state index in [9.17, 15) is 0 Å². The molecule has 0 heterocycles. The standard InChI is InChI=1S/4Ge.5Nd. The van der Waals surface area contributed by atoms with E-state index >= 15 is 0 Å². The zero-order chi connectivity index (χ0) is 0. The molecule has 0 amide bonds. The van der Waals surface area contributed by atoms with E-state index in [1.165, 1.54) is 0 Å². The molecule has 0 aromatic rings. The van der Waals surface area contributed by atoms with Crippen LogP contribution in [0.1, 0.15) is 0 Å². The van der Waals surface area contributed by atoms with Crippen LogP contribution in [0.25, 0.3) is 0 Å². The average Bonchev–Trinajstić information content (AvgIpc) is 0. The molecule has 16 radical (unpaired) electrons. The fourth-order valence-electron chi connectivity index (χ4n) is 0. The maximum absolute atomic E-state index is 0. The van der Waals surface area contributed by atoms with Crippen LogP contribution in [0.3, 0.4) is 0 Å². The molecule has 0 aliphatic carbocycles. The molecule has 0 aliphatic heterocycles. The second-order valence-electron chi connectivity index (χ2n) is 0. The number of rotatable bonds is 0. The zero-order valence-electron chi connectivity index (χ0n) is 4.50. The maximum atomic E-state index is 0. The van der Waals surface area contributed by atoms with Crippen LogP contribution in [0.15, 0.2) is 0 Å². The van der Waals surface area contributed by atoms with E-state index in [0.717, 1.165) is 0 Å². The topological polar surface area (TPSA) is 0 Å². The second-order valence-corrected chi connectivity index (χ2v) is 0. The van der Waals surface area contributed by atoms with E-state index in [0.29, 0.717) is 0 Å². The minimum absolute atomic E-state index is 0. The molecule has 0 aromatic heterocycles. The monoisotopic (exact) mass is 1010 g/mol. The molecule has 0 aliphatic rings. The van der Waals surface area contributed by atoms with E-state index in [2.05, 4.69) is 0 Å². The zero-order valence-corrected chi connectivity index (χ0v) is 28.9. The molecule has 9 heteroatoms. The van der Waals surface area contributed by atoms with Gasteiger partial charge in [-0.1, -0.05) is 0 Å². The SMILES string of the molecule is [Ge].[Ge].[Ge].[Ge].[Nd].[Nd].[Nd].[Nd].[Nd]. The molecule has 0 bridgehead atoms. The summed E-state index contributed by atoms with van der Waals surface area (Å²) < 4.78 is 0. The van der Waals surface area contributed by atoms with Crippen LogP contribution in [0.4, 0.5) is 0 Å². The Kier molecular flexibility index (Phi) is 386. The Morgan fingerprint density at radius 3 is 0.222 bits per heavy atom. The van der Waals surface area contributed by atoms with Crippen molar-refractivity contribution in [2.24, 2.45) is 0 Å². The Morgan fingerprint density at radius 2 is 0.222 bits per heavy atom. The smallest absolute Gasteiger partial charge is 0 e. The van der Waals surface area contributed by atoms with Crippen molar-refractivity contribution in [1.29, 1.82) is 0 Å². The molecule has 36 valence electrons. The van der Waals surface area contributed by atoms with Gasteiger partial charge in [0.2, 0.25) is 0 Å². The molecule has 0 fully saturated rings. The average molecular weight is 1010 g/mol. The molecule has 0 atom stereocenters. The largest absolute Gasteiger partial charge is 0 e. The Hall–Kier alpha value is 8.92. The van der Waals surface area contributed by atoms with Gasteiger partial charge in [-0.25, -0.2) is 0 Å². The summed E-state index contributed by atoms with van der Waals surface area (Å²) in [7, 11) is 0. The van der Waals surface area contributed by atoms with Gasteiger partial charge in [0.05, 0.1) is 0 Å². The Morgan fingerprint density at radius 1 is 0.222 bits per heavy atom. The van der Waals surface area contributed by atoms with Crippen LogP contribution in [-0.4, -0.2) is 70.4 Å². The van der Waals surface area contributed by atoms with Gasteiger partial charge in [-0.05, 0) is 0 Å². The molecule has 0 rings (SSSR count). The van der Waals surface area contributed by atoms with Crippen LogP contribution in [-0.2, 0) is 0 Å². The van der Waals surface area contributed by atoms with Crippen molar-refractivity contribution < 1.29 is 204 Å². The molecule has 0 nitrogen and oxygen atoms in total. The fourth-order valence-corrected chi connectivity index (χ4v) is 0. The molecule has 0 saturated carbocycles. The van der Waals surface area contributed by atoms with Gasteiger partial charge in [-0.3, -0.25) is 0 Å². The Bertz CT molecular complexity index is 8.92. The quantitative estimate of drug-likeness (QED) is 0.259. The first-order valence-electron chi connectivity index (χ1n) is 0. The number of hydrogen-bond donors (Lipinski definition) is 0. The third kappa shape index (κ3) is 47.3. The van der Waals surface area contributed by atoms with Gasteiger partial charge in [0.25, 0.3) is 0 Å². The maximum Gasteiger partial charge on any atom is 0 e. The van der Waals surface area contributed by atoms with Gasteiger partial charge >= 0.3 is 0 Å². The normalized spacial score (nSPS) is 0. The van der Waals surface area contributed by atoms with Gasteiger partial charge in [0.15, 0.2) is 0 Å². The van der Waals surface area contributed by atoms with Crippen molar-refractivity contribution >= 4 is 70.4 Å². The van der Waals surface area contributed by atoms with Crippen LogP contribution in [0.5, 0.6) is 0 Å². The summed E-state index contributed by atoms with van der Waals surface area (Å²) in [5, 5.41) is 0. The van der Waals surface area contributed by atoms with Gasteiger partial charge in [0, 0.05) is 275 Å². The molecule has 0 aromatic carbocycles. The van der Waals surface area contributed by atoms with Crippen LogP contribution in [0.2, 0.25) is 0 Å². The van der Waals surface area contributed by atoms with Crippen molar-refractivity contribution in [2.75, 3.05) is 0 Å². The molecule has 9 heavy (non-hydrogen) atoms. The van der Waals surface area contributed by atoms with Crippen molar-refractivity contribution in [1.82, 2.24) is 0 Å². The molecular formula is Ge4Nd5. The van der Waals surface area contributed by atoms with Crippen molar-refractivity contribution in [2.45, 2.75) is 0 Å². The summed E-state index contributed by atoms with van der Waals surface area (Å²) in [6, 6.07) is 0. The van der Waals surface area contributed by atoms with E-state index in [-0.39, 0.29) is 275 Å². The van der Waals surface area contributed by atoms with E-state index in [4.69, 9.17) is 0 Å². The summed E-state index contributed by atoms with van der Waals surface area (Å²) in [5.74, 6) is 0. The minimum Gasteiger partial charge on any atom is 0 e. The predicted octanol–water partition coefficient (Wildman–Crippen LogP) is -1.52. The Labute approximate surface area is 265 Å². The first-order valence-corrected chi connectivity index (χ1v) is 0. The van der Waals surface area contributed by atoms with Crippen molar-refractivity contribution in [3.8, 4) is 0 Å². The van der Waals surface area contributed by atoms with E-state index < -0.39 is 0 Å². The summed E-state index contributed by atoms with van der Waals surface area (Å²) in [6.07, 6.45) is 0. The first-order chi connectivity index (χ1) is 0. The summed E-state index contributed by atoms with van der Waals surface area (Å²) in [4.78, 5) is 0. The van der Waals surface area contributed by atoms with E-state index in [1.807, 2.05) is 0 Å². The molecule has 0 unspecified atom stereocenters. The molecule has 0 saturated heterocycles. The Balaban J connectivity index is 0. The van der Waals surface area contributed by atoms with Gasteiger partial charge < -0.3 is 0 Å². The second kappa shape index (κ2) is 53.9. The van der Waals surface area contributed by atoms with Crippen LogP contribution >= 0.6 is 0 Å². The van der Waals surface area contributed by atoms with Gasteiger partial charge in [-0.15, -0.1) is 0 Å². The first kappa shape index (κ1) is 64.5. The van der Waals surface area contributed by atoms with Crippen LogP contribution in [0, 0.1) is 204 Å². The minimum atomic E-state index is 0. The number of hydrogen-bond acceptors (Lipinski definition) is 0. The van der Waals surface area contributed by atoms with Gasteiger partial charge in [-0.2, -0.15) is 0 Å². The molecule has 0 N–H and O–H groups in total. The summed E-state index contributed by atoms with van der Waals surface area (Å²) in [5.41, 5.74) is 0. The fraction of sp³-hybridized carbons (Fsp3) is 0. The van der Waals surface area contributed by atoms with Crippen molar-refractivity contribution in [3.05, 3.63) is 0 Å².